The van der Waals surface area contributed by atoms with Crippen molar-refractivity contribution in [1.82, 2.24) is 4.98 Å². The zero-order valence-corrected chi connectivity index (χ0v) is 6.67. The molecule has 0 aliphatic heterocycles. The molecule has 0 fully saturated rings. The molecule has 1 aromatic heterocycles. The first kappa shape index (κ1) is 6.59. The average Bonchev–Trinajstić information content (AvgIpc) is 2.04. The number of nitrogens with zero attached hydrogens (tertiary/aromatic N) is 1. The lowest BCUT2D eigenvalue weighted by atomic mass is 9.95. The van der Waals surface area contributed by atoms with E-state index in [-0.39, 0.29) is 0 Å². The molecule has 56 valence electrons. The Hall–Kier alpha value is -1.11. The number of hydrogen-bond acceptors (Lipinski definition) is 1. The van der Waals surface area contributed by atoms with Crippen molar-refractivity contribution in [3.05, 3.63) is 35.2 Å². The SMILES string of the molecule is CC1=Cc2cnccc2CC1. The molecule has 0 radical (unpaired) electrons. The zero-order chi connectivity index (χ0) is 7.68. The van der Waals surface area contributed by atoms with Crippen LogP contribution in [0.2, 0.25) is 0 Å². The van der Waals surface area contributed by atoms with Crippen molar-refractivity contribution in [2.24, 2.45) is 0 Å². The minimum absolute atomic E-state index is 1.18. The molecule has 0 unspecified atom stereocenters. The van der Waals surface area contributed by atoms with E-state index in [9.17, 15) is 0 Å². The maximum atomic E-state index is 4.09. The quantitative estimate of drug-likeness (QED) is 0.546. The molecule has 11 heavy (non-hydrogen) atoms. The monoisotopic (exact) mass is 145 g/mol. The van der Waals surface area contributed by atoms with Crippen molar-refractivity contribution in [3.8, 4) is 0 Å². The summed E-state index contributed by atoms with van der Waals surface area (Å²) in [6.07, 6.45) is 8.42. The molecule has 1 aliphatic rings. The van der Waals surface area contributed by atoms with Crippen LogP contribution in [-0.4, -0.2) is 4.98 Å². The largest absolute Gasteiger partial charge is 0.264 e. The van der Waals surface area contributed by atoms with Crippen molar-refractivity contribution < 1.29 is 0 Å². The fourth-order valence-electron chi connectivity index (χ4n) is 1.46. The fraction of sp³-hybridized carbons (Fsp3) is 0.300. The Labute approximate surface area is 66.8 Å². The first-order chi connectivity index (χ1) is 5.36. The standard InChI is InChI=1S/C10H11N/c1-8-2-3-9-4-5-11-7-10(9)6-8/h4-7H,2-3H2,1H3. The Morgan fingerprint density at radius 1 is 1.36 bits per heavy atom. The third kappa shape index (κ3) is 1.18. The van der Waals surface area contributed by atoms with E-state index in [4.69, 9.17) is 0 Å². The molecule has 0 saturated heterocycles. The molecule has 0 aromatic carbocycles. The summed E-state index contributed by atoms with van der Waals surface area (Å²) in [7, 11) is 0. The summed E-state index contributed by atoms with van der Waals surface area (Å²) >= 11 is 0. The van der Waals surface area contributed by atoms with E-state index >= 15 is 0 Å². The molecule has 0 spiro atoms. The number of rotatable bonds is 0. The molecule has 1 aromatic rings. The molecule has 0 amide bonds. The predicted octanol–water partition coefficient (Wildman–Crippen LogP) is 2.43. The number of hydrogen-bond donors (Lipinski definition) is 0. The molecule has 0 bridgehead atoms. The van der Waals surface area contributed by atoms with Crippen LogP contribution in [0.4, 0.5) is 0 Å². The van der Waals surface area contributed by atoms with E-state index in [2.05, 4.69) is 24.1 Å². The van der Waals surface area contributed by atoms with Crippen LogP contribution < -0.4 is 0 Å². The van der Waals surface area contributed by atoms with Gasteiger partial charge in [0.1, 0.15) is 0 Å². The maximum Gasteiger partial charge on any atom is 0.0343 e. The van der Waals surface area contributed by atoms with Crippen LogP contribution in [0.3, 0.4) is 0 Å². The molecular weight excluding hydrogens is 134 g/mol. The number of fused-ring (bicyclic) bond motifs is 1. The molecule has 1 nitrogen and oxygen atoms in total. The van der Waals surface area contributed by atoms with Crippen molar-refractivity contribution in [2.45, 2.75) is 19.8 Å². The second-order valence-corrected chi connectivity index (χ2v) is 3.07. The molecule has 1 heteroatoms. The van der Waals surface area contributed by atoms with Gasteiger partial charge in [0.25, 0.3) is 0 Å². The van der Waals surface area contributed by atoms with Crippen molar-refractivity contribution >= 4 is 6.08 Å². The molecule has 0 atom stereocenters. The van der Waals surface area contributed by atoms with Crippen molar-refractivity contribution in [3.63, 3.8) is 0 Å². The predicted molar refractivity (Wildman–Crippen MR) is 46.2 cm³/mol. The zero-order valence-electron chi connectivity index (χ0n) is 6.67. The molecular formula is C10H11N. The van der Waals surface area contributed by atoms with E-state index in [1.807, 2.05) is 12.4 Å². The lowest BCUT2D eigenvalue weighted by Gasteiger charge is -2.11. The highest BCUT2D eigenvalue weighted by molar-refractivity contribution is 5.57. The number of allylic oxidation sites excluding steroid dienone is 1. The van der Waals surface area contributed by atoms with Gasteiger partial charge in [0.05, 0.1) is 0 Å². The smallest absolute Gasteiger partial charge is 0.0343 e. The summed E-state index contributed by atoms with van der Waals surface area (Å²) in [6, 6.07) is 2.11. The summed E-state index contributed by atoms with van der Waals surface area (Å²) in [5, 5.41) is 0. The van der Waals surface area contributed by atoms with Crippen LogP contribution in [0.15, 0.2) is 24.0 Å². The van der Waals surface area contributed by atoms with Gasteiger partial charge >= 0.3 is 0 Å². The molecule has 2 rings (SSSR count). The van der Waals surface area contributed by atoms with Crippen LogP contribution in [0.25, 0.3) is 6.08 Å². The third-order valence-corrected chi connectivity index (χ3v) is 2.14. The van der Waals surface area contributed by atoms with Crippen LogP contribution in [0.1, 0.15) is 24.5 Å². The summed E-state index contributed by atoms with van der Waals surface area (Å²) in [5.41, 5.74) is 4.20. The Balaban J connectivity index is 2.51. The van der Waals surface area contributed by atoms with Crippen molar-refractivity contribution in [2.75, 3.05) is 0 Å². The normalized spacial score (nSPS) is 15.5. The Morgan fingerprint density at radius 2 is 2.27 bits per heavy atom. The van der Waals surface area contributed by atoms with Gasteiger partial charge in [-0.3, -0.25) is 4.98 Å². The summed E-state index contributed by atoms with van der Waals surface area (Å²) < 4.78 is 0. The fourth-order valence-corrected chi connectivity index (χ4v) is 1.46. The summed E-state index contributed by atoms with van der Waals surface area (Å²) in [4.78, 5) is 4.09. The van der Waals surface area contributed by atoms with E-state index in [0.29, 0.717) is 0 Å². The first-order valence-corrected chi connectivity index (χ1v) is 3.96. The maximum absolute atomic E-state index is 4.09. The van der Waals surface area contributed by atoms with Gasteiger partial charge in [-0.15, -0.1) is 0 Å². The van der Waals surface area contributed by atoms with Crippen LogP contribution in [0, 0.1) is 0 Å². The van der Waals surface area contributed by atoms with Gasteiger partial charge in [-0.2, -0.15) is 0 Å². The summed E-state index contributed by atoms with van der Waals surface area (Å²) in [6.45, 7) is 2.18. The Bertz CT molecular complexity index is 299. The van der Waals surface area contributed by atoms with E-state index in [1.54, 1.807) is 0 Å². The summed E-state index contributed by atoms with van der Waals surface area (Å²) in [5.74, 6) is 0. The molecule has 1 aliphatic carbocycles. The van der Waals surface area contributed by atoms with Crippen LogP contribution in [-0.2, 0) is 6.42 Å². The topological polar surface area (TPSA) is 12.9 Å². The first-order valence-electron chi connectivity index (χ1n) is 3.96. The lowest BCUT2D eigenvalue weighted by molar-refractivity contribution is 0.922. The number of aryl methyl sites for hydroxylation is 1. The third-order valence-electron chi connectivity index (χ3n) is 2.14. The van der Waals surface area contributed by atoms with E-state index in [1.165, 1.54) is 29.5 Å². The van der Waals surface area contributed by atoms with E-state index < -0.39 is 0 Å². The Kier molecular flexibility index (Phi) is 1.50. The Morgan fingerprint density at radius 3 is 3.18 bits per heavy atom. The average molecular weight is 145 g/mol. The molecule has 0 saturated carbocycles. The minimum Gasteiger partial charge on any atom is -0.264 e. The number of pyridine rings is 1. The minimum atomic E-state index is 1.18. The van der Waals surface area contributed by atoms with Crippen LogP contribution in [0.5, 0.6) is 0 Å². The van der Waals surface area contributed by atoms with Crippen LogP contribution >= 0.6 is 0 Å². The van der Waals surface area contributed by atoms with Gasteiger partial charge in [0.15, 0.2) is 0 Å². The van der Waals surface area contributed by atoms with Gasteiger partial charge in [-0.05, 0) is 37.0 Å². The highest BCUT2D eigenvalue weighted by Crippen LogP contribution is 2.21. The second-order valence-electron chi connectivity index (χ2n) is 3.07. The molecule has 1 heterocycles. The highest BCUT2D eigenvalue weighted by atomic mass is 14.6. The molecule has 0 N–H and O–H groups in total. The highest BCUT2D eigenvalue weighted by Gasteiger charge is 2.05. The van der Waals surface area contributed by atoms with Gasteiger partial charge in [0.2, 0.25) is 0 Å². The van der Waals surface area contributed by atoms with Crippen molar-refractivity contribution in [1.29, 1.82) is 0 Å². The van der Waals surface area contributed by atoms with Gasteiger partial charge in [0, 0.05) is 12.4 Å². The second kappa shape index (κ2) is 2.50. The van der Waals surface area contributed by atoms with Gasteiger partial charge in [-0.1, -0.05) is 11.6 Å². The number of aromatic nitrogens is 1. The van der Waals surface area contributed by atoms with E-state index in [0.717, 1.165) is 0 Å². The lowest BCUT2D eigenvalue weighted by Crippen LogP contribution is -1.97. The van der Waals surface area contributed by atoms with Gasteiger partial charge < -0.3 is 0 Å². The van der Waals surface area contributed by atoms with Gasteiger partial charge in [-0.25, -0.2) is 0 Å².